The van der Waals surface area contributed by atoms with Gasteiger partial charge >= 0.3 is 12.0 Å². The first-order chi connectivity index (χ1) is 13.8. The van der Waals surface area contributed by atoms with Crippen molar-refractivity contribution in [2.75, 3.05) is 20.7 Å². The van der Waals surface area contributed by atoms with Gasteiger partial charge in [0.25, 0.3) is 11.8 Å². The van der Waals surface area contributed by atoms with Crippen LogP contribution in [0.5, 0.6) is 11.5 Å². The van der Waals surface area contributed by atoms with Crippen LogP contribution in [0.1, 0.15) is 22.2 Å². The highest BCUT2D eigenvalue weighted by molar-refractivity contribution is 7.12. The summed E-state index contributed by atoms with van der Waals surface area (Å²) < 4.78 is 11.0. The van der Waals surface area contributed by atoms with Crippen molar-refractivity contribution in [1.29, 1.82) is 0 Å². The number of esters is 1. The number of amides is 4. The normalized spacial score (nSPS) is 14.3. The zero-order valence-electron chi connectivity index (χ0n) is 16.0. The molecule has 2 heterocycles. The predicted molar refractivity (Wildman–Crippen MR) is 106 cm³/mol. The molecule has 0 saturated carbocycles. The third-order valence-electron chi connectivity index (χ3n) is 4.15. The summed E-state index contributed by atoms with van der Waals surface area (Å²) in [7, 11) is 2.61. The van der Waals surface area contributed by atoms with Gasteiger partial charge in [0.2, 0.25) is 0 Å². The number of carbonyl (C=O) groups is 4. The number of nitrogens with zero attached hydrogens (tertiary/aromatic N) is 2. The minimum absolute atomic E-state index is 0.152. The summed E-state index contributed by atoms with van der Waals surface area (Å²) in [6.45, 7) is 2.10. The van der Waals surface area contributed by atoms with E-state index in [1.807, 2.05) is 0 Å². The van der Waals surface area contributed by atoms with Gasteiger partial charge in [0.05, 0.1) is 6.61 Å². The van der Waals surface area contributed by atoms with E-state index in [-0.39, 0.29) is 11.3 Å². The van der Waals surface area contributed by atoms with Gasteiger partial charge in [-0.25, -0.2) is 9.59 Å². The molecule has 1 saturated heterocycles. The highest BCUT2D eigenvalue weighted by Gasteiger charge is 2.37. The largest absolute Gasteiger partial charge is 0.490 e. The number of barbiturate groups is 1. The monoisotopic (exact) mass is 414 g/mol. The maximum absolute atomic E-state index is 12.3. The summed E-state index contributed by atoms with van der Waals surface area (Å²) in [5, 5.41) is 1.77. The Bertz CT molecular complexity index is 986. The van der Waals surface area contributed by atoms with Crippen molar-refractivity contribution in [2.45, 2.75) is 6.92 Å². The minimum atomic E-state index is -0.692. The summed E-state index contributed by atoms with van der Waals surface area (Å²) in [4.78, 5) is 50.9. The first kappa shape index (κ1) is 20.3. The van der Waals surface area contributed by atoms with Crippen LogP contribution in [0, 0.1) is 0 Å². The molecule has 1 aliphatic rings. The van der Waals surface area contributed by atoms with E-state index in [1.165, 1.54) is 37.6 Å². The minimum Gasteiger partial charge on any atom is -0.490 e. The highest BCUT2D eigenvalue weighted by atomic mass is 32.1. The van der Waals surface area contributed by atoms with Crippen molar-refractivity contribution >= 4 is 41.2 Å². The molecule has 0 unspecified atom stereocenters. The van der Waals surface area contributed by atoms with Gasteiger partial charge < -0.3 is 9.47 Å². The molecule has 3 rings (SSSR count). The second-order valence-corrected chi connectivity index (χ2v) is 7.02. The highest BCUT2D eigenvalue weighted by Crippen LogP contribution is 2.31. The lowest BCUT2D eigenvalue weighted by molar-refractivity contribution is -0.134. The number of urea groups is 1. The van der Waals surface area contributed by atoms with E-state index in [0.717, 1.165) is 9.80 Å². The Labute approximate surface area is 170 Å². The molecule has 8 nitrogen and oxygen atoms in total. The summed E-state index contributed by atoms with van der Waals surface area (Å²) in [6, 6.07) is 7.38. The van der Waals surface area contributed by atoms with Gasteiger partial charge in [-0.2, -0.15) is 0 Å². The lowest BCUT2D eigenvalue weighted by atomic mass is 10.1. The fourth-order valence-electron chi connectivity index (χ4n) is 2.65. The third kappa shape index (κ3) is 4.04. The second-order valence-electron chi connectivity index (χ2n) is 6.07. The summed E-state index contributed by atoms with van der Waals surface area (Å²) in [6.07, 6.45) is 1.37. The van der Waals surface area contributed by atoms with Crippen LogP contribution in [-0.4, -0.2) is 54.3 Å². The maximum Gasteiger partial charge on any atom is 0.353 e. The first-order valence-corrected chi connectivity index (χ1v) is 9.55. The molecule has 4 amide bonds. The summed E-state index contributed by atoms with van der Waals surface area (Å²) in [5.41, 5.74) is 0.331. The van der Waals surface area contributed by atoms with Gasteiger partial charge in [-0.3, -0.25) is 19.4 Å². The number of likely N-dealkylation sites (N-methyl/N-ethyl adjacent to an activating group) is 2. The Kier molecular flexibility index (Phi) is 5.79. The van der Waals surface area contributed by atoms with Crippen LogP contribution in [0.2, 0.25) is 0 Å². The van der Waals surface area contributed by atoms with E-state index in [1.54, 1.807) is 36.6 Å². The number of hydrogen-bond donors (Lipinski definition) is 0. The summed E-state index contributed by atoms with van der Waals surface area (Å²) >= 11 is 1.26. The fourth-order valence-corrected chi connectivity index (χ4v) is 3.25. The molecule has 0 radical (unpaired) electrons. The van der Waals surface area contributed by atoms with Gasteiger partial charge in [-0.1, -0.05) is 12.1 Å². The number of thiophene rings is 1. The molecule has 0 bridgehead atoms. The van der Waals surface area contributed by atoms with E-state index < -0.39 is 23.8 Å². The van der Waals surface area contributed by atoms with Crippen molar-refractivity contribution < 1.29 is 28.7 Å². The molecular formula is C20H18N2O6S. The zero-order valence-corrected chi connectivity index (χ0v) is 16.8. The Morgan fingerprint density at radius 3 is 2.34 bits per heavy atom. The number of carbonyl (C=O) groups excluding carboxylic acids is 4. The molecule has 150 valence electrons. The molecule has 1 fully saturated rings. The van der Waals surface area contributed by atoms with Gasteiger partial charge in [0.1, 0.15) is 10.5 Å². The van der Waals surface area contributed by atoms with Crippen LogP contribution in [0.15, 0.2) is 41.3 Å². The lowest BCUT2D eigenvalue weighted by Gasteiger charge is -2.28. The number of rotatable bonds is 5. The SMILES string of the molecule is CCOc1cc(C=C2C(=O)N(C)C(=O)N(C)C2=O)ccc1OC(=O)c1cccs1. The molecule has 29 heavy (non-hydrogen) atoms. The van der Waals surface area contributed by atoms with Crippen LogP contribution >= 0.6 is 11.3 Å². The molecular weight excluding hydrogens is 396 g/mol. The molecule has 2 aromatic rings. The Morgan fingerprint density at radius 1 is 1.07 bits per heavy atom. The number of ether oxygens (including phenoxy) is 2. The van der Waals surface area contributed by atoms with E-state index in [4.69, 9.17) is 9.47 Å². The molecule has 0 aliphatic carbocycles. The maximum atomic E-state index is 12.3. The smallest absolute Gasteiger partial charge is 0.353 e. The van der Waals surface area contributed by atoms with Crippen LogP contribution < -0.4 is 9.47 Å². The molecule has 0 N–H and O–H groups in total. The summed E-state index contributed by atoms with van der Waals surface area (Å²) in [5.74, 6) is -1.38. The Balaban J connectivity index is 1.92. The van der Waals surface area contributed by atoms with Crippen LogP contribution in [-0.2, 0) is 9.59 Å². The van der Waals surface area contributed by atoms with Crippen LogP contribution in [0.25, 0.3) is 6.08 Å². The predicted octanol–water partition coefficient (Wildman–Crippen LogP) is 2.80. The van der Waals surface area contributed by atoms with Gasteiger partial charge in [-0.15, -0.1) is 11.3 Å². The Hall–Kier alpha value is -3.46. The third-order valence-corrected chi connectivity index (χ3v) is 5.00. The first-order valence-electron chi connectivity index (χ1n) is 8.67. The van der Waals surface area contributed by atoms with Crippen molar-refractivity contribution in [3.05, 3.63) is 51.7 Å². The average molecular weight is 414 g/mol. The lowest BCUT2D eigenvalue weighted by Crippen LogP contribution is -2.52. The number of hydrogen-bond acceptors (Lipinski definition) is 7. The van der Waals surface area contributed by atoms with E-state index in [9.17, 15) is 19.2 Å². The van der Waals surface area contributed by atoms with E-state index in [2.05, 4.69) is 0 Å². The van der Waals surface area contributed by atoms with Gasteiger partial charge in [0, 0.05) is 14.1 Å². The van der Waals surface area contributed by atoms with Crippen LogP contribution in [0.3, 0.4) is 0 Å². The topological polar surface area (TPSA) is 93.2 Å². The molecule has 0 atom stereocenters. The van der Waals surface area contributed by atoms with Gasteiger partial charge in [0.15, 0.2) is 11.5 Å². The zero-order chi connectivity index (χ0) is 21.1. The number of imide groups is 2. The Morgan fingerprint density at radius 2 is 1.76 bits per heavy atom. The fraction of sp³-hybridized carbons (Fsp3) is 0.200. The molecule has 1 aromatic heterocycles. The van der Waals surface area contributed by atoms with E-state index >= 15 is 0 Å². The molecule has 9 heteroatoms. The standard InChI is InChI=1S/C20H18N2O6S/c1-4-27-15-11-12(7-8-14(15)28-19(25)16-6-5-9-29-16)10-13-17(23)21(2)20(26)22(3)18(13)24/h5-11H,4H2,1-3H3. The average Bonchev–Trinajstić information content (AvgIpc) is 3.25. The van der Waals surface area contributed by atoms with Crippen LogP contribution in [0.4, 0.5) is 4.79 Å². The second kappa shape index (κ2) is 8.27. The molecule has 1 aromatic carbocycles. The van der Waals surface area contributed by atoms with Crippen molar-refractivity contribution in [3.8, 4) is 11.5 Å². The van der Waals surface area contributed by atoms with Crippen molar-refractivity contribution in [3.63, 3.8) is 0 Å². The van der Waals surface area contributed by atoms with Gasteiger partial charge in [-0.05, 0) is 42.1 Å². The van der Waals surface area contributed by atoms with Crippen molar-refractivity contribution in [1.82, 2.24) is 9.80 Å². The molecule has 0 spiro atoms. The number of benzene rings is 1. The quantitative estimate of drug-likeness (QED) is 0.323. The van der Waals surface area contributed by atoms with E-state index in [0.29, 0.717) is 22.8 Å². The van der Waals surface area contributed by atoms with Crippen molar-refractivity contribution in [2.24, 2.45) is 0 Å². The molecule has 1 aliphatic heterocycles.